The van der Waals surface area contributed by atoms with E-state index in [-0.39, 0.29) is 30.7 Å². The molecule has 0 aromatic heterocycles. The molecule has 0 aliphatic carbocycles. The van der Waals surface area contributed by atoms with Crippen molar-refractivity contribution in [3.8, 4) is 0 Å². The molecule has 2 amide bonds. The van der Waals surface area contributed by atoms with Crippen LogP contribution in [0.4, 0.5) is 5.69 Å². The van der Waals surface area contributed by atoms with E-state index in [2.05, 4.69) is 10.6 Å². The Labute approximate surface area is 127 Å². The zero-order chi connectivity index (χ0) is 15.9. The van der Waals surface area contributed by atoms with Crippen LogP contribution in [0.3, 0.4) is 0 Å². The summed E-state index contributed by atoms with van der Waals surface area (Å²) in [4.78, 5) is 34.0. The Morgan fingerprint density at radius 1 is 1.23 bits per heavy atom. The Morgan fingerprint density at radius 3 is 2.55 bits per heavy atom. The lowest BCUT2D eigenvalue weighted by Gasteiger charge is -2.10. The monoisotopic (exact) mass is 306 g/mol. The Hall–Kier alpha value is -2.41. The minimum Gasteiger partial charge on any atom is -0.481 e. The number of hydrogen-bond donors (Lipinski definition) is 3. The second kappa shape index (κ2) is 7.56. The van der Waals surface area contributed by atoms with Crippen LogP contribution in [0.15, 0.2) is 24.3 Å². The molecule has 3 N–H and O–H groups in total. The maximum absolute atomic E-state index is 11.9. The SMILES string of the molecule is O=C(O)CCNC(=O)c1ccc(NC(=O)C2CCOC2)cc1. The Morgan fingerprint density at radius 2 is 1.95 bits per heavy atom. The molecule has 1 heterocycles. The summed E-state index contributed by atoms with van der Waals surface area (Å²) >= 11 is 0. The third kappa shape index (κ3) is 4.56. The summed E-state index contributed by atoms with van der Waals surface area (Å²) in [6.07, 6.45) is 0.596. The summed E-state index contributed by atoms with van der Waals surface area (Å²) < 4.78 is 5.17. The van der Waals surface area contributed by atoms with Gasteiger partial charge in [-0.3, -0.25) is 14.4 Å². The average Bonchev–Trinajstić information content (AvgIpc) is 3.02. The van der Waals surface area contributed by atoms with Crippen molar-refractivity contribution >= 4 is 23.5 Å². The fraction of sp³-hybridized carbons (Fsp3) is 0.400. The Balaban J connectivity index is 1.85. The van der Waals surface area contributed by atoms with E-state index in [4.69, 9.17) is 9.84 Å². The van der Waals surface area contributed by atoms with Gasteiger partial charge in [0.1, 0.15) is 0 Å². The normalized spacial score (nSPS) is 17.0. The molecule has 118 valence electrons. The van der Waals surface area contributed by atoms with Gasteiger partial charge < -0.3 is 20.5 Å². The fourth-order valence-corrected chi connectivity index (χ4v) is 2.08. The molecule has 1 saturated heterocycles. The molecule has 1 aliphatic rings. The predicted octanol–water partition coefficient (Wildman–Crippen LogP) is 0.866. The quantitative estimate of drug-likeness (QED) is 0.723. The fourth-order valence-electron chi connectivity index (χ4n) is 2.08. The van der Waals surface area contributed by atoms with E-state index in [0.717, 1.165) is 6.42 Å². The number of carboxylic acids is 1. The van der Waals surface area contributed by atoms with Crippen LogP contribution in [0.25, 0.3) is 0 Å². The van der Waals surface area contributed by atoms with Gasteiger partial charge in [-0.2, -0.15) is 0 Å². The van der Waals surface area contributed by atoms with Crippen molar-refractivity contribution < 1.29 is 24.2 Å². The molecular formula is C15H18N2O5. The number of carboxylic acid groups (broad SMARTS) is 1. The lowest BCUT2D eigenvalue weighted by molar-refractivity contribution is -0.136. The number of benzene rings is 1. The van der Waals surface area contributed by atoms with Gasteiger partial charge >= 0.3 is 5.97 Å². The van der Waals surface area contributed by atoms with Crippen molar-refractivity contribution in [2.45, 2.75) is 12.8 Å². The molecule has 1 aliphatic heterocycles. The van der Waals surface area contributed by atoms with Gasteiger partial charge in [-0.25, -0.2) is 0 Å². The smallest absolute Gasteiger partial charge is 0.305 e. The summed E-state index contributed by atoms with van der Waals surface area (Å²) in [6, 6.07) is 6.44. The molecular weight excluding hydrogens is 288 g/mol. The van der Waals surface area contributed by atoms with Gasteiger partial charge in [0.2, 0.25) is 5.91 Å². The molecule has 2 rings (SSSR count). The van der Waals surface area contributed by atoms with E-state index in [1.54, 1.807) is 24.3 Å². The lowest BCUT2D eigenvalue weighted by atomic mass is 10.1. The van der Waals surface area contributed by atoms with Gasteiger partial charge in [-0.15, -0.1) is 0 Å². The van der Waals surface area contributed by atoms with E-state index in [1.165, 1.54) is 0 Å². The van der Waals surface area contributed by atoms with Crippen LogP contribution in [0, 0.1) is 5.92 Å². The molecule has 0 saturated carbocycles. The lowest BCUT2D eigenvalue weighted by Crippen LogP contribution is -2.26. The molecule has 1 fully saturated rings. The van der Waals surface area contributed by atoms with Gasteiger partial charge in [0.15, 0.2) is 0 Å². The van der Waals surface area contributed by atoms with E-state index in [9.17, 15) is 14.4 Å². The second-order valence-electron chi connectivity index (χ2n) is 5.03. The Kier molecular flexibility index (Phi) is 5.48. The molecule has 1 atom stereocenters. The summed E-state index contributed by atoms with van der Waals surface area (Å²) in [5.41, 5.74) is 1.02. The largest absolute Gasteiger partial charge is 0.481 e. The summed E-state index contributed by atoms with van der Waals surface area (Å²) in [7, 11) is 0. The van der Waals surface area contributed by atoms with Crippen molar-refractivity contribution in [1.82, 2.24) is 5.32 Å². The van der Waals surface area contributed by atoms with Crippen LogP contribution >= 0.6 is 0 Å². The molecule has 7 nitrogen and oxygen atoms in total. The number of nitrogens with one attached hydrogen (secondary N) is 2. The average molecular weight is 306 g/mol. The van der Waals surface area contributed by atoms with Gasteiger partial charge in [0, 0.05) is 24.4 Å². The molecule has 0 spiro atoms. The topological polar surface area (TPSA) is 105 Å². The van der Waals surface area contributed by atoms with Crippen LogP contribution in [-0.2, 0) is 14.3 Å². The molecule has 0 radical (unpaired) electrons. The van der Waals surface area contributed by atoms with Gasteiger partial charge in [-0.1, -0.05) is 0 Å². The van der Waals surface area contributed by atoms with Gasteiger partial charge in [0.25, 0.3) is 5.91 Å². The van der Waals surface area contributed by atoms with E-state index in [1.807, 2.05) is 0 Å². The highest BCUT2D eigenvalue weighted by Crippen LogP contribution is 2.16. The second-order valence-corrected chi connectivity index (χ2v) is 5.03. The number of anilines is 1. The number of rotatable bonds is 6. The van der Waals surface area contributed by atoms with E-state index in [0.29, 0.717) is 24.5 Å². The maximum atomic E-state index is 11.9. The highest BCUT2D eigenvalue weighted by atomic mass is 16.5. The zero-order valence-corrected chi connectivity index (χ0v) is 12.0. The molecule has 1 aromatic carbocycles. The minimum atomic E-state index is -0.964. The number of aliphatic carboxylic acids is 1. The summed E-state index contributed by atoms with van der Waals surface area (Å²) in [5.74, 6) is -1.52. The van der Waals surface area contributed by atoms with Crippen molar-refractivity contribution in [2.75, 3.05) is 25.1 Å². The van der Waals surface area contributed by atoms with E-state index < -0.39 is 5.97 Å². The number of ether oxygens (including phenoxy) is 1. The molecule has 22 heavy (non-hydrogen) atoms. The highest BCUT2D eigenvalue weighted by Gasteiger charge is 2.23. The highest BCUT2D eigenvalue weighted by molar-refractivity contribution is 5.96. The Bertz CT molecular complexity index is 550. The van der Waals surface area contributed by atoms with Gasteiger partial charge in [-0.05, 0) is 30.7 Å². The zero-order valence-electron chi connectivity index (χ0n) is 12.0. The first-order valence-electron chi connectivity index (χ1n) is 7.05. The minimum absolute atomic E-state index is 0.0777. The standard InChI is InChI=1S/C15H18N2O5/c18-13(19)5-7-16-14(20)10-1-3-12(4-2-10)17-15(21)11-6-8-22-9-11/h1-4,11H,5-9H2,(H,16,20)(H,17,21)(H,18,19). The van der Waals surface area contributed by atoms with Crippen molar-refractivity contribution in [3.05, 3.63) is 29.8 Å². The maximum Gasteiger partial charge on any atom is 0.305 e. The third-order valence-electron chi connectivity index (χ3n) is 3.34. The van der Waals surface area contributed by atoms with Crippen molar-refractivity contribution in [1.29, 1.82) is 0 Å². The molecule has 1 unspecified atom stereocenters. The number of hydrogen-bond acceptors (Lipinski definition) is 4. The summed E-state index contributed by atoms with van der Waals surface area (Å²) in [5, 5.41) is 13.8. The number of carbonyl (C=O) groups is 3. The van der Waals surface area contributed by atoms with Crippen LogP contribution in [0.5, 0.6) is 0 Å². The molecule has 7 heteroatoms. The van der Waals surface area contributed by atoms with Crippen LogP contribution in [0.2, 0.25) is 0 Å². The molecule has 0 bridgehead atoms. The number of amides is 2. The van der Waals surface area contributed by atoms with Gasteiger partial charge in [0.05, 0.1) is 18.9 Å². The number of carbonyl (C=O) groups excluding carboxylic acids is 2. The first-order chi connectivity index (χ1) is 10.6. The van der Waals surface area contributed by atoms with Crippen LogP contribution < -0.4 is 10.6 Å². The first-order valence-corrected chi connectivity index (χ1v) is 7.05. The summed E-state index contributed by atoms with van der Waals surface area (Å²) in [6.45, 7) is 1.12. The first kappa shape index (κ1) is 16.0. The molecule has 1 aromatic rings. The van der Waals surface area contributed by atoms with Crippen molar-refractivity contribution in [3.63, 3.8) is 0 Å². The third-order valence-corrected chi connectivity index (χ3v) is 3.34. The van der Waals surface area contributed by atoms with E-state index >= 15 is 0 Å². The van der Waals surface area contributed by atoms with Crippen molar-refractivity contribution in [2.24, 2.45) is 5.92 Å². The predicted molar refractivity (Wildman–Crippen MR) is 78.6 cm³/mol. The van der Waals surface area contributed by atoms with Crippen LogP contribution in [0.1, 0.15) is 23.2 Å². The van der Waals surface area contributed by atoms with Crippen LogP contribution in [-0.4, -0.2) is 42.6 Å².